The van der Waals surface area contributed by atoms with Gasteiger partial charge in [0.2, 0.25) is 0 Å². The molecule has 1 rings (SSSR count). The molecule has 0 aliphatic rings. The number of halogens is 1. The van der Waals surface area contributed by atoms with Crippen LogP contribution in [0, 0.1) is 5.82 Å². The quantitative estimate of drug-likeness (QED) is 0.813. The summed E-state index contributed by atoms with van der Waals surface area (Å²) in [4.78, 5) is 20.9. The van der Waals surface area contributed by atoms with Gasteiger partial charge in [0.25, 0.3) is 0 Å². The van der Waals surface area contributed by atoms with E-state index < -0.39 is 23.9 Å². The molecule has 5 nitrogen and oxygen atoms in total. The number of benzene rings is 1. The van der Waals surface area contributed by atoms with E-state index in [1.165, 1.54) is 6.92 Å². The summed E-state index contributed by atoms with van der Waals surface area (Å²) in [6.45, 7) is 1.24. The molecule has 0 aliphatic heterocycles. The van der Waals surface area contributed by atoms with Crippen molar-refractivity contribution in [3.8, 4) is 5.75 Å². The standard InChI is InChI=1S/C10H9FO5/c1-5(9(12)13)16-8-3-2-6(10(14)15)4-7(8)11/h2-5H,1H3,(H,12,13)(H,14,15). The second-order valence-corrected chi connectivity index (χ2v) is 3.05. The van der Waals surface area contributed by atoms with Crippen LogP contribution < -0.4 is 4.74 Å². The lowest BCUT2D eigenvalue weighted by molar-refractivity contribution is -0.144. The van der Waals surface area contributed by atoms with Gasteiger partial charge in [-0.1, -0.05) is 0 Å². The maximum atomic E-state index is 13.3. The lowest BCUT2D eigenvalue weighted by atomic mass is 10.2. The van der Waals surface area contributed by atoms with E-state index >= 15 is 0 Å². The van der Waals surface area contributed by atoms with Gasteiger partial charge < -0.3 is 14.9 Å². The Morgan fingerprint density at radius 3 is 2.44 bits per heavy atom. The van der Waals surface area contributed by atoms with Gasteiger partial charge in [-0.05, 0) is 25.1 Å². The van der Waals surface area contributed by atoms with Crippen LogP contribution in [-0.2, 0) is 4.79 Å². The fourth-order valence-corrected chi connectivity index (χ4v) is 0.970. The number of rotatable bonds is 4. The topological polar surface area (TPSA) is 83.8 Å². The summed E-state index contributed by atoms with van der Waals surface area (Å²) in [6.07, 6.45) is -1.20. The molecule has 0 fully saturated rings. The molecular weight excluding hydrogens is 219 g/mol. The van der Waals surface area contributed by atoms with Crippen LogP contribution in [0.2, 0.25) is 0 Å². The summed E-state index contributed by atoms with van der Waals surface area (Å²) in [5.41, 5.74) is -0.229. The van der Waals surface area contributed by atoms with E-state index in [4.69, 9.17) is 14.9 Å². The first kappa shape index (κ1) is 12.0. The Morgan fingerprint density at radius 2 is 2.00 bits per heavy atom. The lowest BCUT2D eigenvalue weighted by Gasteiger charge is -2.11. The van der Waals surface area contributed by atoms with E-state index in [9.17, 15) is 14.0 Å². The second kappa shape index (κ2) is 4.61. The monoisotopic (exact) mass is 228 g/mol. The normalized spacial score (nSPS) is 11.9. The number of carboxylic acid groups (broad SMARTS) is 2. The van der Waals surface area contributed by atoms with Crippen LogP contribution >= 0.6 is 0 Å². The molecule has 0 radical (unpaired) electrons. The van der Waals surface area contributed by atoms with E-state index in [1.807, 2.05) is 0 Å². The molecule has 86 valence electrons. The van der Waals surface area contributed by atoms with Gasteiger partial charge in [0, 0.05) is 0 Å². The molecule has 0 saturated carbocycles. The van der Waals surface area contributed by atoms with Crippen molar-refractivity contribution in [3.05, 3.63) is 29.6 Å². The molecule has 0 amide bonds. The third-order valence-electron chi connectivity index (χ3n) is 1.83. The Bertz CT molecular complexity index is 429. The zero-order valence-electron chi connectivity index (χ0n) is 8.31. The van der Waals surface area contributed by atoms with Crippen LogP contribution in [0.3, 0.4) is 0 Å². The van der Waals surface area contributed by atoms with Gasteiger partial charge in [0.15, 0.2) is 17.7 Å². The van der Waals surface area contributed by atoms with Crippen molar-refractivity contribution < 1.29 is 28.9 Å². The highest BCUT2D eigenvalue weighted by Crippen LogP contribution is 2.19. The van der Waals surface area contributed by atoms with Crippen LogP contribution in [-0.4, -0.2) is 28.3 Å². The summed E-state index contributed by atoms with van der Waals surface area (Å²) in [7, 11) is 0. The molecule has 2 N–H and O–H groups in total. The Morgan fingerprint density at radius 1 is 1.38 bits per heavy atom. The van der Waals surface area contributed by atoms with E-state index in [2.05, 4.69) is 0 Å². The predicted molar refractivity (Wildman–Crippen MR) is 51.1 cm³/mol. The first-order valence-corrected chi connectivity index (χ1v) is 4.34. The molecule has 1 atom stereocenters. The molecule has 1 unspecified atom stereocenters. The Hall–Kier alpha value is -2.11. The summed E-state index contributed by atoms with van der Waals surface area (Å²) in [6, 6.07) is 2.99. The summed E-state index contributed by atoms with van der Waals surface area (Å²) in [5.74, 6) is -3.70. The number of hydrogen-bond acceptors (Lipinski definition) is 3. The van der Waals surface area contributed by atoms with E-state index in [0.717, 1.165) is 18.2 Å². The molecule has 0 aliphatic carbocycles. The van der Waals surface area contributed by atoms with Gasteiger partial charge >= 0.3 is 11.9 Å². The number of aromatic carboxylic acids is 1. The van der Waals surface area contributed by atoms with Crippen molar-refractivity contribution in [1.29, 1.82) is 0 Å². The minimum atomic E-state index is -1.27. The predicted octanol–water partition coefficient (Wildman–Crippen LogP) is 1.38. The van der Waals surface area contributed by atoms with Crippen molar-refractivity contribution in [2.45, 2.75) is 13.0 Å². The minimum absolute atomic E-state index is 0.229. The highest BCUT2D eigenvalue weighted by Gasteiger charge is 2.16. The van der Waals surface area contributed by atoms with E-state index in [1.54, 1.807) is 0 Å². The molecule has 0 saturated heterocycles. The average Bonchev–Trinajstić information content (AvgIpc) is 2.20. The first-order chi connectivity index (χ1) is 7.41. The summed E-state index contributed by atoms with van der Waals surface area (Å²) < 4.78 is 18.0. The maximum absolute atomic E-state index is 13.3. The van der Waals surface area contributed by atoms with Crippen LogP contribution in [0.4, 0.5) is 4.39 Å². The smallest absolute Gasteiger partial charge is 0.344 e. The highest BCUT2D eigenvalue weighted by molar-refractivity contribution is 5.87. The largest absolute Gasteiger partial charge is 0.479 e. The number of hydrogen-bond donors (Lipinski definition) is 2. The zero-order chi connectivity index (χ0) is 12.3. The number of ether oxygens (including phenoxy) is 1. The zero-order valence-corrected chi connectivity index (χ0v) is 8.31. The van der Waals surface area contributed by atoms with Crippen molar-refractivity contribution >= 4 is 11.9 Å². The maximum Gasteiger partial charge on any atom is 0.344 e. The molecule has 0 heterocycles. The molecule has 0 bridgehead atoms. The summed E-state index contributed by atoms with van der Waals surface area (Å²) >= 11 is 0. The molecule has 0 spiro atoms. The average molecular weight is 228 g/mol. The van der Waals surface area contributed by atoms with Gasteiger partial charge in [0.05, 0.1) is 5.56 Å². The van der Waals surface area contributed by atoms with Crippen LogP contribution in [0.1, 0.15) is 17.3 Å². The molecular formula is C10H9FO5. The van der Waals surface area contributed by atoms with Crippen molar-refractivity contribution in [2.24, 2.45) is 0 Å². The molecule has 16 heavy (non-hydrogen) atoms. The van der Waals surface area contributed by atoms with Gasteiger partial charge in [-0.3, -0.25) is 0 Å². The van der Waals surface area contributed by atoms with Crippen LogP contribution in [0.15, 0.2) is 18.2 Å². The van der Waals surface area contributed by atoms with E-state index in [-0.39, 0.29) is 11.3 Å². The SMILES string of the molecule is CC(Oc1ccc(C(=O)O)cc1F)C(=O)O. The molecule has 1 aromatic carbocycles. The van der Waals surface area contributed by atoms with Gasteiger partial charge in [-0.15, -0.1) is 0 Å². The third-order valence-corrected chi connectivity index (χ3v) is 1.83. The first-order valence-electron chi connectivity index (χ1n) is 4.34. The molecule has 1 aromatic rings. The Kier molecular flexibility index (Phi) is 3.44. The van der Waals surface area contributed by atoms with E-state index in [0.29, 0.717) is 0 Å². The van der Waals surface area contributed by atoms with Gasteiger partial charge in [-0.2, -0.15) is 0 Å². The summed E-state index contributed by atoms with van der Waals surface area (Å²) in [5, 5.41) is 17.1. The Labute approximate surface area is 90.1 Å². The van der Waals surface area contributed by atoms with Crippen LogP contribution in [0.5, 0.6) is 5.75 Å². The number of aliphatic carboxylic acids is 1. The van der Waals surface area contributed by atoms with Gasteiger partial charge in [-0.25, -0.2) is 14.0 Å². The number of carbonyl (C=O) groups is 2. The van der Waals surface area contributed by atoms with Crippen LogP contribution in [0.25, 0.3) is 0 Å². The van der Waals surface area contributed by atoms with Crippen molar-refractivity contribution in [3.63, 3.8) is 0 Å². The van der Waals surface area contributed by atoms with Crippen molar-refractivity contribution in [2.75, 3.05) is 0 Å². The minimum Gasteiger partial charge on any atom is -0.479 e. The molecule has 0 aromatic heterocycles. The lowest BCUT2D eigenvalue weighted by Crippen LogP contribution is -2.23. The van der Waals surface area contributed by atoms with Gasteiger partial charge in [0.1, 0.15) is 0 Å². The number of carboxylic acids is 2. The second-order valence-electron chi connectivity index (χ2n) is 3.05. The van der Waals surface area contributed by atoms with Crippen molar-refractivity contribution in [1.82, 2.24) is 0 Å². The fraction of sp³-hybridized carbons (Fsp3) is 0.200. The highest BCUT2D eigenvalue weighted by atomic mass is 19.1. The molecule has 6 heteroatoms. The third kappa shape index (κ3) is 2.69. The fourth-order valence-electron chi connectivity index (χ4n) is 0.970. The Balaban J connectivity index is 2.91.